The van der Waals surface area contributed by atoms with Crippen LogP contribution in [0, 0.1) is 0 Å². The Labute approximate surface area is 97.2 Å². The molecule has 1 aromatic rings. The second kappa shape index (κ2) is 6.45. The maximum atomic E-state index is 5.88. The average molecular weight is 223 g/mol. The van der Waals surface area contributed by atoms with Gasteiger partial charge in [-0.2, -0.15) is 0 Å². The molecule has 90 valence electrons. The molecule has 4 nitrogen and oxygen atoms in total. The van der Waals surface area contributed by atoms with Gasteiger partial charge < -0.3 is 15.8 Å². The third-order valence-corrected chi connectivity index (χ3v) is 2.67. The minimum Gasteiger partial charge on any atom is -0.383 e. The number of nitrogens with two attached hydrogens (primary N) is 1. The molecule has 4 heteroatoms. The maximum absolute atomic E-state index is 5.88. The van der Waals surface area contributed by atoms with Gasteiger partial charge in [-0.25, -0.2) is 4.98 Å². The largest absolute Gasteiger partial charge is 0.383 e. The highest BCUT2D eigenvalue weighted by atomic mass is 16.5. The summed E-state index contributed by atoms with van der Waals surface area (Å²) in [7, 11) is 1.72. The molecule has 0 amide bonds. The number of ether oxygens (including phenoxy) is 1. The highest BCUT2D eigenvalue weighted by Gasteiger charge is 2.16. The summed E-state index contributed by atoms with van der Waals surface area (Å²) in [4.78, 5) is 4.11. The molecule has 0 radical (unpaired) electrons. The van der Waals surface area contributed by atoms with Gasteiger partial charge in [-0.1, -0.05) is 13.0 Å². The van der Waals surface area contributed by atoms with Crippen LogP contribution < -0.4 is 11.1 Å². The molecule has 2 atom stereocenters. The number of pyridine rings is 1. The summed E-state index contributed by atoms with van der Waals surface area (Å²) < 4.78 is 5.29. The summed E-state index contributed by atoms with van der Waals surface area (Å²) in [6.07, 6.45) is 2.80. The molecule has 16 heavy (non-hydrogen) atoms. The number of nitrogen functional groups attached to an aromatic ring is 1. The highest BCUT2D eigenvalue weighted by Crippen LogP contribution is 2.23. The first-order valence-electron chi connectivity index (χ1n) is 5.65. The van der Waals surface area contributed by atoms with Gasteiger partial charge in [0.15, 0.2) is 0 Å². The molecule has 0 saturated carbocycles. The highest BCUT2D eigenvalue weighted by molar-refractivity contribution is 5.40. The maximum Gasteiger partial charge on any atom is 0.128 e. The normalized spacial score (nSPS) is 14.7. The smallest absolute Gasteiger partial charge is 0.128 e. The van der Waals surface area contributed by atoms with Gasteiger partial charge in [0.25, 0.3) is 0 Å². The molecule has 0 aliphatic heterocycles. The van der Waals surface area contributed by atoms with Gasteiger partial charge in [0.05, 0.1) is 6.10 Å². The van der Waals surface area contributed by atoms with Gasteiger partial charge in [0, 0.05) is 24.9 Å². The van der Waals surface area contributed by atoms with E-state index in [1.54, 1.807) is 13.3 Å². The van der Waals surface area contributed by atoms with Gasteiger partial charge in [-0.05, 0) is 26.0 Å². The van der Waals surface area contributed by atoms with Crippen molar-refractivity contribution in [3.05, 3.63) is 23.9 Å². The van der Waals surface area contributed by atoms with Crippen molar-refractivity contribution in [3.8, 4) is 0 Å². The molecule has 3 N–H and O–H groups in total. The summed E-state index contributed by atoms with van der Waals surface area (Å²) in [5.74, 6) is 0.594. The third-order valence-electron chi connectivity index (χ3n) is 2.67. The van der Waals surface area contributed by atoms with Crippen molar-refractivity contribution < 1.29 is 4.74 Å². The number of anilines is 1. The van der Waals surface area contributed by atoms with Crippen LogP contribution in [0.2, 0.25) is 0 Å². The van der Waals surface area contributed by atoms with Crippen molar-refractivity contribution >= 4 is 5.82 Å². The molecule has 0 aliphatic rings. The first-order valence-corrected chi connectivity index (χ1v) is 5.65. The van der Waals surface area contributed by atoms with E-state index in [4.69, 9.17) is 10.5 Å². The Balaban J connectivity index is 2.80. The molecule has 1 rings (SSSR count). The van der Waals surface area contributed by atoms with Crippen LogP contribution in [0.4, 0.5) is 5.82 Å². The molecule has 2 unspecified atom stereocenters. The quantitative estimate of drug-likeness (QED) is 0.771. The Bertz CT molecular complexity index is 317. The number of aromatic nitrogens is 1. The molecule has 0 aromatic carbocycles. The van der Waals surface area contributed by atoms with Crippen molar-refractivity contribution in [1.82, 2.24) is 10.3 Å². The van der Waals surface area contributed by atoms with Crippen LogP contribution in [0.15, 0.2) is 18.3 Å². The molecule has 1 heterocycles. The van der Waals surface area contributed by atoms with Gasteiger partial charge in [0.2, 0.25) is 0 Å². The molecule has 0 spiro atoms. The van der Waals surface area contributed by atoms with Gasteiger partial charge in [-0.3, -0.25) is 0 Å². The zero-order valence-electron chi connectivity index (χ0n) is 10.2. The van der Waals surface area contributed by atoms with Gasteiger partial charge >= 0.3 is 0 Å². The van der Waals surface area contributed by atoms with Crippen molar-refractivity contribution in [2.24, 2.45) is 0 Å². The van der Waals surface area contributed by atoms with Crippen LogP contribution in [-0.2, 0) is 4.74 Å². The van der Waals surface area contributed by atoms with E-state index in [9.17, 15) is 0 Å². The topological polar surface area (TPSA) is 60.2 Å². The second-order valence-corrected chi connectivity index (χ2v) is 3.87. The third kappa shape index (κ3) is 3.47. The van der Waals surface area contributed by atoms with Crippen molar-refractivity contribution in [3.63, 3.8) is 0 Å². The molecular weight excluding hydrogens is 202 g/mol. The van der Waals surface area contributed by atoms with Gasteiger partial charge in [0.1, 0.15) is 5.82 Å². The predicted octanol–water partition coefficient (Wildman–Crippen LogP) is 1.74. The summed E-state index contributed by atoms with van der Waals surface area (Å²) in [5, 5.41) is 3.40. The lowest BCUT2D eigenvalue weighted by Gasteiger charge is -2.22. The summed E-state index contributed by atoms with van der Waals surface area (Å²) >= 11 is 0. The predicted molar refractivity (Wildman–Crippen MR) is 66.2 cm³/mol. The molecule has 0 aliphatic carbocycles. The number of methoxy groups -OCH3 is 1. The van der Waals surface area contributed by atoms with Crippen LogP contribution in [0.5, 0.6) is 0 Å². The molecular formula is C12H21N3O. The Morgan fingerprint density at radius 1 is 1.56 bits per heavy atom. The Hall–Kier alpha value is -1.13. The van der Waals surface area contributed by atoms with Crippen molar-refractivity contribution in [1.29, 1.82) is 0 Å². The van der Waals surface area contributed by atoms with Crippen LogP contribution in [0.25, 0.3) is 0 Å². The molecule has 0 fully saturated rings. The van der Waals surface area contributed by atoms with E-state index in [1.807, 2.05) is 12.1 Å². The minimum atomic E-state index is 0.198. The molecule has 0 bridgehead atoms. The fourth-order valence-electron chi connectivity index (χ4n) is 1.72. The summed E-state index contributed by atoms with van der Waals surface area (Å²) in [5.41, 5.74) is 6.93. The lowest BCUT2D eigenvalue weighted by Crippen LogP contribution is -2.26. The fraction of sp³-hybridized carbons (Fsp3) is 0.583. The standard InChI is InChI=1S/C12H21N3O/c1-4-14-11(8-9(2)16-3)10-6-5-7-15-12(10)13/h5-7,9,11,14H,4,8H2,1-3H3,(H2,13,15). The average Bonchev–Trinajstić information content (AvgIpc) is 2.29. The molecule has 1 aromatic heterocycles. The van der Waals surface area contributed by atoms with Crippen LogP contribution in [-0.4, -0.2) is 24.7 Å². The zero-order valence-corrected chi connectivity index (χ0v) is 10.2. The summed E-state index contributed by atoms with van der Waals surface area (Å²) in [6, 6.07) is 4.12. The number of hydrogen-bond donors (Lipinski definition) is 2. The van der Waals surface area contributed by atoms with E-state index in [-0.39, 0.29) is 12.1 Å². The summed E-state index contributed by atoms with van der Waals surface area (Å²) in [6.45, 7) is 5.03. The number of nitrogens with one attached hydrogen (secondary N) is 1. The lowest BCUT2D eigenvalue weighted by molar-refractivity contribution is 0.101. The van der Waals surface area contributed by atoms with Crippen LogP contribution in [0.1, 0.15) is 31.9 Å². The van der Waals surface area contributed by atoms with E-state index >= 15 is 0 Å². The minimum absolute atomic E-state index is 0.198. The Kier molecular flexibility index (Phi) is 5.22. The number of rotatable bonds is 6. The second-order valence-electron chi connectivity index (χ2n) is 3.87. The Morgan fingerprint density at radius 2 is 2.31 bits per heavy atom. The van der Waals surface area contributed by atoms with Crippen LogP contribution >= 0.6 is 0 Å². The number of hydrogen-bond acceptors (Lipinski definition) is 4. The van der Waals surface area contributed by atoms with E-state index in [0.29, 0.717) is 5.82 Å². The SMILES string of the molecule is CCNC(CC(C)OC)c1cccnc1N. The van der Waals surface area contributed by atoms with E-state index < -0.39 is 0 Å². The van der Waals surface area contributed by atoms with Crippen molar-refractivity contribution in [2.75, 3.05) is 19.4 Å². The first-order chi connectivity index (χ1) is 7.69. The zero-order chi connectivity index (χ0) is 12.0. The number of nitrogens with zero attached hydrogens (tertiary/aromatic N) is 1. The first kappa shape index (κ1) is 12.9. The van der Waals surface area contributed by atoms with Gasteiger partial charge in [-0.15, -0.1) is 0 Å². The monoisotopic (exact) mass is 223 g/mol. The van der Waals surface area contributed by atoms with Crippen molar-refractivity contribution in [2.45, 2.75) is 32.4 Å². The fourth-order valence-corrected chi connectivity index (χ4v) is 1.72. The van der Waals surface area contributed by atoms with Crippen LogP contribution in [0.3, 0.4) is 0 Å². The van der Waals surface area contributed by atoms with E-state index in [2.05, 4.69) is 24.1 Å². The lowest BCUT2D eigenvalue weighted by atomic mass is 10.0. The Morgan fingerprint density at radius 3 is 2.88 bits per heavy atom. The van der Waals surface area contributed by atoms with E-state index in [0.717, 1.165) is 18.5 Å². The van der Waals surface area contributed by atoms with E-state index in [1.165, 1.54) is 0 Å². The molecule has 0 saturated heterocycles.